The van der Waals surface area contributed by atoms with Gasteiger partial charge in [0.15, 0.2) is 0 Å². The minimum absolute atomic E-state index is 0.0652. The standard InChI is InChI=1S/C27H45NO2/c1-25(2,30)13-5-6-18(17-28)22-9-10-23-21-8-7-19-16-20(29)11-14-26(19,3)24(21)12-15-27(22,23)4/h18-24,29-30H,5-16H2,1-4H3/t18?,19-,20?,21?,22?,23?,24?,26?,27?/m0/s1. The van der Waals surface area contributed by atoms with Crippen molar-refractivity contribution < 1.29 is 10.2 Å². The van der Waals surface area contributed by atoms with Crippen LogP contribution in [-0.2, 0) is 0 Å². The first-order valence-electron chi connectivity index (χ1n) is 12.9. The average molecular weight is 416 g/mol. The van der Waals surface area contributed by atoms with Gasteiger partial charge in [0.05, 0.1) is 17.8 Å². The Labute approximate surface area is 184 Å². The molecule has 4 fully saturated rings. The minimum atomic E-state index is -0.623. The van der Waals surface area contributed by atoms with Crippen LogP contribution in [0, 0.1) is 57.7 Å². The van der Waals surface area contributed by atoms with Crippen molar-refractivity contribution in [1.29, 1.82) is 5.26 Å². The van der Waals surface area contributed by atoms with E-state index in [-0.39, 0.29) is 12.0 Å². The van der Waals surface area contributed by atoms with Gasteiger partial charge in [-0.1, -0.05) is 13.8 Å². The predicted octanol–water partition coefficient (Wildman–Crippen LogP) is 6.09. The van der Waals surface area contributed by atoms with Crippen LogP contribution in [0.5, 0.6) is 0 Å². The van der Waals surface area contributed by atoms with E-state index in [4.69, 9.17) is 0 Å². The first-order valence-corrected chi connectivity index (χ1v) is 12.9. The van der Waals surface area contributed by atoms with E-state index < -0.39 is 5.60 Å². The molecule has 4 aliphatic rings. The molecule has 3 heteroatoms. The highest BCUT2D eigenvalue weighted by Crippen LogP contribution is 2.68. The number of hydrogen-bond donors (Lipinski definition) is 2. The monoisotopic (exact) mass is 415 g/mol. The number of nitrogens with zero attached hydrogens (tertiary/aromatic N) is 1. The summed E-state index contributed by atoms with van der Waals surface area (Å²) in [6.45, 7) is 8.85. The largest absolute Gasteiger partial charge is 0.393 e. The lowest BCUT2D eigenvalue weighted by atomic mass is 9.44. The molecule has 0 aromatic carbocycles. The first-order chi connectivity index (χ1) is 14.1. The summed E-state index contributed by atoms with van der Waals surface area (Å²) in [7, 11) is 0. The van der Waals surface area contributed by atoms with Crippen LogP contribution < -0.4 is 0 Å². The molecule has 4 rings (SSSR count). The Kier molecular flexibility index (Phi) is 6.08. The van der Waals surface area contributed by atoms with Gasteiger partial charge in [0.1, 0.15) is 0 Å². The third-order valence-corrected chi connectivity index (χ3v) is 10.7. The molecular formula is C27H45NO2. The summed E-state index contributed by atoms with van der Waals surface area (Å²) in [4.78, 5) is 0. The predicted molar refractivity (Wildman–Crippen MR) is 120 cm³/mol. The van der Waals surface area contributed by atoms with Gasteiger partial charge in [-0.05, 0) is 131 Å². The van der Waals surface area contributed by atoms with Gasteiger partial charge in [0.25, 0.3) is 0 Å². The van der Waals surface area contributed by atoms with Gasteiger partial charge in [0, 0.05) is 5.92 Å². The molecule has 170 valence electrons. The maximum Gasteiger partial charge on any atom is 0.0658 e. The summed E-state index contributed by atoms with van der Waals surface area (Å²) in [5, 5.41) is 30.4. The Morgan fingerprint density at radius 2 is 1.70 bits per heavy atom. The Morgan fingerprint density at radius 1 is 1.00 bits per heavy atom. The zero-order valence-corrected chi connectivity index (χ0v) is 19.9. The Morgan fingerprint density at radius 3 is 2.40 bits per heavy atom. The van der Waals surface area contributed by atoms with Crippen molar-refractivity contribution in [3.05, 3.63) is 0 Å². The highest BCUT2D eigenvalue weighted by atomic mass is 16.3. The first kappa shape index (κ1) is 22.6. The zero-order valence-electron chi connectivity index (χ0n) is 19.9. The molecule has 0 aliphatic heterocycles. The molecule has 0 spiro atoms. The highest BCUT2D eigenvalue weighted by Gasteiger charge is 2.60. The lowest BCUT2D eigenvalue weighted by molar-refractivity contribution is -0.128. The van der Waals surface area contributed by atoms with Gasteiger partial charge in [-0.25, -0.2) is 0 Å². The molecule has 8 unspecified atom stereocenters. The van der Waals surface area contributed by atoms with Crippen molar-refractivity contribution in [2.24, 2.45) is 46.3 Å². The van der Waals surface area contributed by atoms with Gasteiger partial charge < -0.3 is 10.2 Å². The summed E-state index contributed by atoms with van der Waals surface area (Å²) in [5.74, 6) is 3.86. The molecule has 0 radical (unpaired) electrons. The molecule has 4 aliphatic carbocycles. The van der Waals surface area contributed by atoms with Crippen molar-refractivity contribution in [3.63, 3.8) is 0 Å². The number of aliphatic hydroxyl groups is 2. The quantitative estimate of drug-likeness (QED) is 0.571. The highest BCUT2D eigenvalue weighted by molar-refractivity contribution is 5.11. The van der Waals surface area contributed by atoms with Crippen LogP contribution >= 0.6 is 0 Å². The smallest absolute Gasteiger partial charge is 0.0658 e. The van der Waals surface area contributed by atoms with E-state index in [9.17, 15) is 15.5 Å². The van der Waals surface area contributed by atoms with Gasteiger partial charge in [-0.15, -0.1) is 0 Å². The molecule has 0 heterocycles. The molecule has 0 aromatic rings. The van der Waals surface area contributed by atoms with Crippen LogP contribution in [0.3, 0.4) is 0 Å². The number of aliphatic hydroxyl groups excluding tert-OH is 1. The topological polar surface area (TPSA) is 64.2 Å². The molecule has 4 saturated carbocycles. The molecule has 0 bridgehead atoms. The third-order valence-electron chi connectivity index (χ3n) is 10.7. The van der Waals surface area contributed by atoms with E-state index >= 15 is 0 Å². The Bertz CT molecular complexity index is 663. The molecule has 3 nitrogen and oxygen atoms in total. The summed E-state index contributed by atoms with van der Waals surface area (Å²) >= 11 is 0. The van der Waals surface area contributed by atoms with Crippen molar-refractivity contribution in [2.45, 2.75) is 116 Å². The number of hydrogen-bond acceptors (Lipinski definition) is 3. The number of fused-ring (bicyclic) bond motifs is 5. The van der Waals surface area contributed by atoms with Crippen LogP contribution in [0.4, 0.5) is 0 Å². The average Bonchev–Trinajstić information content (AvgIpc) is 3.02. The maximum atomic E-state index is 10.2. The number of nitriles is 1. The second kappa shape index (κ2) is 8.08. The SMILES string of the molecule is CC(C)(O)CCCC(C#N)C1CCC2C3CC[C@H]4CC(O)CCC4(C)C3CCC12C. The van der Waals surface area contributed by atoms with Crippen molar-refractivity contribution in [3.8, 4) is 6.07 Å². The van der Waals surface area contributed by atoms with E-state index in [0.717, 1.165) is 55.8 Å². The minimum Gasteiger partial charge on any atom is -0.393 e. The van der Waals surface area contributed by atoms with E-state index in [2.05, 4.69) is 19.9 Å². The Balaban J connectivity index is 1.48. The van der Waals surface area contributed by atoms with Gasteiger partial charge in [-0.2, -0.15) is 5.26 Å². The fraction of sp³-hybridized carbons (Fsp3) is 0.963. The summed E-state index contributed by atoms with van der Waals surface area (Å²) in [6, 6.07) is 2.71. The normalized spacial score (nSPS) is 47.0. The molecule has 0 saturated heterocycles. The van der Waals surface area contributed by atoms with E-state index in [1.165, 1.54) is 44.9 Å². The van der Waals surface area contributed by atoms with Crippen LogP contribution in [-0.4, -0.2) is 21.9 Å². The van der Waals surface area contributed by atoms with Crippen LogP contribution in [0.2, 0.25) is 0 Å². The maximum absolute atomic E-state index is 10.2. The molecule has 2 N–H and O–H groups in total. The zero-order chi connectivity index (χ0) is 21.7. The molecule has 0 amide bonds. The lowest BCUT2D eigenvalue weighted by Crippen LogP contribution is -2.54. The van der Waals surface area contributed by atoms with E-state index in [1.54, 1.807) is 0 Å². The van der Waals surface area contributed by atoms with Crippen molar-refractivity contribution in [2.75, 3.05) is 0 Å². The second-order valence-corrected chi connectivity index (χ2v) is 12.8. The molecule has 9 atom stereocenters. The summed E-state index contributed by atoms with van der Waals surface area (Å²) in [6.07, 6.45) is 13.7. The third kappa shape index (κ3) is 3.86. The van der Waals surface area contributed by atoms with Crippen molar-refractivity contribution in [1.82, 2.24) is 0 Å². The lowest BCUT2D eigenvalue weighted by Gasteiger charge is -2.61. The Hall–Kier alpha value is -0.590. The van der Waals surface area contributed by atoms with Gasteiger partial charge in [0.2, 0.25) is 0 Å². The summed E-state index contributed by atoms with van der Waals surface area (Å²) < 4.78 is 0. The molecule has 30 heavy (non-hydrogen) atoms. The summed E-state index contributed by atoms with van der Waals surface area (Å²) in [5.41, 5.74) is 0.137. The number of rotatable bonds is 5. The van der Waals surface area contributed by atoms with E-state index in [1.807, 2.05) is 13.8 Å². The van der Waals surface area contributed by atoms with Gasteiger partial charge >= 0.3 is 0 Å². The van der Waals surface area contributed by atoms with Crippen LogP contribution in [0.1, 0.15) is 105 Å². The molecular weight excluding hydrogens is 370 g/mol. The van der Waals surface area contributed by atoms with E-state index in [0.29, 0.717) is 16.7 Å². The fourth-order valence-corrected chi connectivity index (χ4v) is 9.05. The van der Waals surface area contributed by atoms with Crippen molar-refractivity contribution >= 4 is 0 Å². The van der Waals surface area contributed by atoms with Gasteiger partial charge in [-0.3, -0.25) is 0 Å². The second-order valence-electron chi connectivity index (χ2n) is 12.8. The molecule has 0 aromatic heterocycles. The fourth-order valence-electron chi connectivity index (χ4n) is 9.05. The van der Waals surface area contributed by atoms with Crippen LogP contribution in [0.25, 0.3) is 0 Å². The van der Waals surface area contributed by atoms with Crippen LogP contribution in [0.15, 0.2) is 0 Å².